The van der Waals surface area contributed by atoms with Crippen LogP contribution in [0.2, 0.25) is 0 Å². The summed E-state index contributed by atoms with van der Waals surface area (Å²) in [6, 6.07) is 5.16. The fourth-order valence-corrected chi connectivity index (χ4v) is 1.25. The van der Waals surface area contributed by atoms with Crippen molar-refractivity contribution >= 4 is 0 Å². The van der Waals surface area contributed by atoms with E-state index >= 15 is 0 Å². The maximum Gasteiger partial charge on any atom is 0.121 e. The number of benzene rings is 1. The third-order valence-corrected chi connectivity index (χ3v) is 1.98. The van der Waals surface area contributed by atoms with E-state index in [1.807, 2.05) is 6.92 Å². The smallest absolute Gasteiger partial charge is 0.121 e. The zero-order chi connectivity index (χ0) is 9.84. The molecular weight excluding hydrogens is 166 g/mol. The molecule has 0 radical (unpaired) electrons. The first kappa shape index (κ1) is 10.0. The summed E-state index contributed by atoms with van der Waals surface area (Å²) in [4.78, 5) is 0. The van der Waals surface area contributed by atoms with Crippen LogP contribution in [0, 0.1) is 6.92 Å². The molecule has 4 N–H and O–H groups in total. The molecule has 0 saturated carbocycles. The summed E-state index contributed by atoms with van der Waals surface area (Å²) in [5, 5.41) is 19.0. The van der Waals surface area contributed by atoms with Crippen LogP contribution in [0.5, 0.6) is 5.75 Å². The number of aliphatic hydroxyl groups is 1. The minimum atomic E-state index is -0.662. The van der Waals surface area contributed by atoms with Crippen LogP contribution >= 0.6 is 0 Å². The maximum atomic E-state index is 9.59. The number of nitrogens with two attached hydrogens (primary N) is 1. The van der Waals surface area contributed by atoms with Gasteiger partial charge in [0.25, 0.3) is 0 Å². The predicted octanol–water partition coefficient (Wildman–Crippen LogP) is 1.08. The molecule has 0 bridgehead atoms. The van der Waals surface area contributed by atoms with E-state index in [4.69, 9.17) is 5.73 Å². The monoisotopic (exact) mass is 181 g/mol. The van der Waals surface area contributed by atoms with Gasteiger partial charge in [0, 0.05) is 5.56 Å². The number of aliphatic hydroxyl groups excluding tert-OH is 1. The Morgan fingerprint density at radius 3 is 2.77 bits per heavy atom. The van der Waals surface area contributed by atoms with Crippen molar-refractivity contribution in [3.05, 3.63) is 29.3 Å². The van der Waals surface area contributed by atoms with Crippen LogP contribution < -0.4 is 5.73 Å². The van der Waals surface area contributed by atoms with E-state index in [1.54, 1.807) is 18.2 Å². The van der Waals surface area contributed by atoms with Gasteiger partial charge in [-0.2, -0.15) is 0 Å². The fourth-order valence-electron chi connectivity index (χ4n) is 1.25. The summed E-state index contributed by atoms with van der Waals surface area (Å²) >= 11 is 0. The number of aromatic hydroxyl groups is 1. The Bertz CT molecular complexity index is 286. The lowest BCUT2D eigenvalue weighted by molar-refractivity contribution is 0.166. The van der Waals surface area contributed by atoms with Gasteiger partial charge in [-0.3, -0.25) is 0 Å². The Kier molecular flexibility index (Phi) is 3.28. The molecule has 0 saturated heterocycles. The number of aryl methyl sites for hydroxylation is 1. The third kappa shape index (κ3) is 2.44. The molecule has 0 spiro atoms. The molecule has 0 aromatic heterocycles. The van der Waals surface area contributed by atoms with E-state index in [1.165, 1.54) is 0 Å². The number of hydrogen-bond donors (Lipinski definition) is 3. The first-order valence-electron chi connectivity index (χ1n) is 4.33. The van der Waals surface area contributed by atoms with Gasteiger partial charge in [-0.05, 0) is 32.0 Å². The van der Waals surface area contributed by atoms with E-state index in [0.29, 0.717) is 18.5 Å². The molecule has 72 valence electrons. The molecule has 0 amide bonds. The van der Waals surface area contributed by atoms with E-state index in [-0.39, 0.29) is 5.75 Å². The summed E-state index contributed by atoms with van der Waals surface area (Å²) in [6.07, 6.45) is -0.193. The van der Waals surface area contributed by atoms with Gasteiger partial charge >= 0.3 is 0 Å². The molecule has 0 aliphatic heterocycles. The van der Waals surface area contributed by atoms with Gasteiger partial charge in [-0.1, -0.05) is 11.6 Å². The lowest BCUT2D eigenvalue weighted by Gasteiger charge is -2.11. The highest BCUT2D eigenvalue weighted by atomic mass is 16.3. The average Bonchev–Trinajstić information content (AvgIpc) is 2.09. The molecule has 3 nitrogen and oxygen atoms in total. The molecular formula is C10H15NO2. The Morgan fingerprint density at radius 1 is 1.46 bits per heavy atom. The second kappa shape index (κ2) is 4.25. The van der Waals surface area contributed by atoms with Crippen molar-refractivity contribution in [2.75, 3.05) is 6.54 Å². The standard InChI is InChI=1S/C10H15NO2/c1-7-2-3-9(12)8(6-7)10(13)4-5-11/h2-3,6,10,12-13H,4-5,11H2,1H3/t10-/m1/s1. The molecule has 0 unspecified atom stereocenters. The lowest BCUT2D eigenvalue weighted by atomic mass is 10.0. The topological polar surface area (TPSA) is 66.5 Å². The summed E-state index contributed by atoms with van der Waals surface area (Å²) in [5.74, 6) is 0.131. The molecule has 1 aromatic carbocycles. The highest BCUT2D eigenvalue weighted by Crippen LogP contribution is 2.26. The van der Waals surface area contributed by atoms with Crippen LogP contribution in [0.1, 0.15) is 23.7 Å². The highest BCUT2D eigenvalue weighted by molar-refractivity contribution is 5.37. The van der Waals surface area contributed by atoms with Gasteiger partial charge in [0.2, 0.25) is 0 Å². The van der Waals surface area contributed by atoms with Crippen LogP contribution in [0.4, 0.5) is 0 Å². The van der Waals surface area contributed by atoms with Crippen molar-refractivity contribution in [1.29, 1.82) is 0 Å². The number of hydrogen-bond acceptors (Lipinski definition) is 3. The second-order valence-corrected chi connectivity index (χ2v) is 3.16. The quantitative estimate of drug-likeness (QED) is 0.653. The number of rotatable bonds is 3. The second-order valence-electron chi connectivity index (χ2n) is 3.16. The van der Waals surface area contributed by atoms with Gasteiger partial charge in [-0.15, -0.1) is 0 Å². The molecule has 13 heavy (non-hydrogen) atoms. The molecule has 1 rings (SSSR count). The molecule has 0 heterocycles. The van der Waals surface area contributed by atoms with Gasteiger partial charge in [0.15, 0.2) is 0 Å². The maximum absolute atomic E-state index is 9.59. The molecule has 0 aliphatic carbocycles. The fraction of sp³-hybridized carbons (Fsp3) is 0.400. The summed E-state index contributed by atoms with van der Waals surface area (Å²) in [6.45, 7) is 2.33. The molecule has 1 aromatic rings. The van der Waals surface area contributed by atoms with Crippen molar-refractivity contribution in [3.8, 4) is 5.75 Å². The SMILES string of the molecule is Cc1ccc(O)c([C@H](O)CCN)c1. The van der Waals surface area contributed by atoms with Crippen LogP contribution in [0.15, 0.2) is 18.2 Å². The van der Waals surface area contributed by atoms with Crippen molar-refractivity contribution in [1.82, 2.24) is 0 Å². The zero-order valence-electron chi connectivity index (χ0n) is 7.70. The summed E-state index contributed by atoms with van der Waals surface area (Å²) < 4.78 is 0. The minimum Gasteiger partial charge on any atom is -0.508 e. The first-order chi connectivity index (χ1) is 6.15. The van der Waals surface area contributed by atoms with Crippen LogP contribution in [-0.4, -0.2) is 16.8 Å². The van der Waals surface area contributed by atoms with Gasteiger partial charge in [-0.25, -0.2) is 0 Å². The van der Waals surface area contributed by atoms with Gasteiger partial charge < -0.3 is 15.9 Å². The van der Waals surface area contributed by atoms with Crippen molar-refractivity contribution in [2.45, 2.75) is 19.4 Å². The number of phenols is 1. The van der Waals surface area contributed by atoms with E-state index in [0.717, 1.165) is 5.56 Å². The van der Waals surface area contributed by atoms with E-state index in [2.05, 4.69) is 0 Å². The molecule has 0 fully saturated rings. The van der Waals surface area contributed by atoms with Crippen LogP contribution in [0.3, 0.4) is 0 Å². The van der Waals surface area contributed by atoms with Crippen molar-refractivity contribution < 1.29 is 10.2 Å². The lowest BCUT2D eigenvalue weighted by Crippen LogP contribution is -2.06. The zero-order valence-corrected chi connectivity index (χ0v) is 7.70. The minimum absolute atomic E-state index is 0.131. The van der Waals surface area contributed by atoms with E-state index < -0.39 is 6.10 Å². The summed E-state index contributed by atoms with van der Waals surface area (Å²) in [5.41, 5.74) is 6.89. The molecule has 0 aliphatic rings. The van der Waals surface area contributed by atoms with Gasteiger partial charge in [0.1, 0.15) is 5.75 Å². The summed E-state index contributed by atoms with van der Waals surface area (Å²) in [7, 11) is 0. The Balaban J connectivity index is 2.91. The molecule has 1 atom stereocenters. The molecule has 3 heteroatoms. The normalized spacial score (nSPS) is 12.8. The van der Waals surface area contributed by atoms with Crippen LogP contribution in [0.25, 0.3) is 0 Å². The van der Waals surface area contributed by atoms with E-state index in [9.17, 15) is 10.2 Å². The largest absolute Gasteiger partial charge is 0.508 e. The third-order valence-electron chi connectivity index (χ3n) is 1.98. The number of phenolic OH excluding ortho intramolecular Hbond substituents is 1. The average molecular weight is 181 g/mol. The Hall–Kier alpha value is -1.06. The Labute approximate surface area is 77.8 Å². The predicted molar refractivity (Wildman–Crippen MR) is 51.5 cm³/mol. The van der Waals surface area contributed by atoms with Crippen molar-refractivity contribution in [2.24, 2.45) is 5.73 Å². The van der Waals surface area contributed by atoms with Crippen LogP contribution in [-0.2, 0) is 0 Å². The first-order valence-corrected chi connectivity index (χ1v) is 4.33. The van der Waals surface area contributed by atoms with Crippen molar-refractivity contribution in [3.63, 3.8) is 0 Å². The van der Waals surface area contributed by atoms with Gasteiger partial charge in [0.05, 0.1) is 6.10 Å². The highest BCUT2D eigenvalue weighted by Gasteiger charge is 2.10. The Morgan fingerprint density at radius 2 is 2.15 bits per heavy atom.